The molecule has 0 N–H and O–H groups in total. The highest BCUT2D eigenvalue weighted by molar-refractivity contribution is 6.81. The number of amides is 3. The lowest BCUT2D eigenvalue weighted by Gasteiger charge is -2.32. The molecule has 1 aliphatic heterocycles. The molecule has 0 unspecified atom stereocenters. The molecule has 0 saturated carbocycles. The summed E-state index contributed by atoms with van der Waals surface area (Å²) in [4.78, 5) is 23.9. The maximum atomic E-state index is 12.1. The molecule has 1 saturated heterocycles. The number of hydrogen-bond acceptors (Lipinski definition) is 2. The topological polar surface area (TPSA) is 40.6 Å². The van der Waals surface area contributed by atoms with Gasteiger partial charge >= 0.3 is 6.03 Å². The lowest BCUT2D eigenvalue weighted by atomic mass is 10.7. The smallest absolute Gasteiger partial charge is 0.310 e. The summed E-state index contributed by atoms with van der Waals surface area (Å²) >= 11 is 0. The van der Waals surface area contributed by atoms with Crippen LogP contribution in [0.1, 0.15) is 0 Å². The molecule has 0 atom stereocenters. The van der Waals surface area contributed by atoms with Gasteiger partial charge in [0.1, 0.15) is 0 Å². The molecule has 0 aromatic carbocycles. The van der Waals surface area contributed by atoms with Crippen molar-refractivity contribution in [3.05, 3.63) is 0 Å². The van der Waals surface area contributed by atoms with Crippen molar-refractivity contribution < 1.29 is 9.59 Å². The highest BCUT2D eigenvalue weighted by Crippen LogP contribution is 2.23. The fraction of sp³-hybridized carbons (Fsp3) is 0.778. The second-order valence-corrected chi connectivity index (χ2v) is 15.6. The van der Waals surface area contributed by atoms with Gasteiger partial charge in [0.15, 0.2) is 16.5 Å². The Bertz CT molecular complexity index is 304. The number of carbonyl (C=O) groups is 2. The van der Waals surface area contributed by atoms with Gasteiger partial charge in [0.05, 0.1) is 6.54 Å². The quantitative estimate of drug-likeness (QED) is 0.550. The zero-order valence-electron chi connectivity index (χ0n) is 10.4. The zero-order valence-corrected chi connectivity index (χ0v) is 12.4. The van der Waals surface area contributed by atoms with E-state index in [-0.39, 0.29) is 11.9 Å². The van der Waals surface area contributed by atoms with Crippen LogP contribution in [0.15, 0.2) is 0 Å². The molecule has 0 bridgehead atoms. The van der Waals surface area contributed by atoms with Crippen molar-refractivity contribution in [2.24, 2.45) is 0 Å². The van der Waals surface area contributed by atoms with E-state index in [1.165, 1.54) is 4.57 Å². The van der Waals surface area contributed by atoms with Gasteiger partial charge in [-0.2, -0.15) is 0 Å². The zero-order chi connectivity index (χ0) is 12.0. The molecule has 1 rings (SSSR count). The minimum atomic E-state index is -1.86. The van der Waals surface area contributed by atoms with Gasteiger partial charge in [-0.1, -0.05) is 39.3 Å². The Morgan fingerprint density at radius 1 is 0.933 bits per heavy atom. The molecule has 0 spiro atoms. The van der Waals surface area contributed by atoms with Crippen molar-refractivity contribution >= 4 is 28.4 Å². The van der Waals surface area contributed by atoms with Crippen LogP contribution in [0.3, 0.4) is 0 Å². The van der Waals surface area contributed by atoms with Crippen LogP contribution in [0.2, 0.25) is 39.3 Å². The van der Waals surface area contributed by atoms with Crippen molar-refractivity contribution in [1.29, 1.82) is 0 Å². The lowest BCUT2D eigenvalue weighted by Crippen LogP contribution is -2.53. The third kappa shape index (κ3) is 2.31. The molecule has 0 aromatic heterocycles. The van der Waals surface area contributed by atoms with Crippen LogP contribution in [0.5, 0.6) is 0 Å². The van der Waals surface area contributed by atoms with Gasteiger partial charge < -0.3 is 4.57 Å². The maximum absolute atomic E-state index is 12.1. The molecule has 86 valence electrons. The summed E-state index contributed by atoms with van der Waals surface area (Å²) in [6.07, 6.45) is 0. The molecule has 6 heteroatoms. The van der Waals surface area contributed by atoms with E-state index < -0.39 is 16.5 Å². The Morgan fingerprint density at radius 2 is 1.40 bits per heavy atom. The average molecular weight is 244 g/mol. The van der Waals surface area contributed by atoms with E-state index in [1.54, 1.807) is 4.57 Å². The molecule has 1 aliphatic rings. The van der Waals surface area contributed by atoms with Crippen molar-refractivity contribution in [1.82, 2.24) is 9.13 Å². The molecular formula is C9H20N2O2Si2. The monoisotopic (exact) mass is 244 g/mol. The van der Waals surface area contributed by atoms with Gasteiger partial charge in [0.25, 0.3) is 0 Å². The van der Waals surface area contributed by atoms with E-state index in [0.717, 1.165) is 0 Å². The molecule has 0 radical (unpaired) electrons. The van der Waals surface area contributed by atoms with Gasteiger partial charge in [0, 0.05) is 0 Å². The van der Waals surface area contributed by atoms with E-state index in [0.29, 0.717) is 6.54 Å². The summed E-state index contributed by atoms with van der Waals surface area (Å²) < 4.78 is 3.30. The summed E-state index contributed by atoms with van der Waals surface area (Å²) in [5, 5.41) is 0. The molecule has 3 amide bonds. The number of carbonyl (C=O) groups excluding carboxylic acids is 2. The number of rotatable bonds is 2. The first-order valence-electron chi connectivity index (χ1n) is 5.20. The van der Waals surface area contributed by atoms with Gasteiger partial charge in [-0.05, 0) is 0 Å². The van der Waals surface area contributed by atoms with Gasteiger partial charge in [-0.15, -0.1) is 0 Å². The molecule has 15 heavy (non-hydrogen) atoms. The Hall–Kier alpha value is -0.626. The van der Waals surface area contributed by atoms with E-state index in [1.807, 2.05) is 19.6 Å². The molecule has 1 heterocycles. The van der Waals surface area contributed by atoms with Gasteiger partial charge in [-0.25, -0.2) is 4.79 Å². The predicted molar refractivity (Wildman–Crippen MR) is 65.6 cm³/mol. The minimum Gasteiger partial charge on any atom is -0.344 e. The van der Waals surface area contributed by atoms with Crippen LogP contribution in [-0.2, 0) is 4.79 Å². The lowest BCUT2D eigenvalue weighted by molar-refractivity contribution is -0.122. The summed E-state index contributed by atoms with van der Waals surface area (Å²) in [5.74, 6) is -0.0124. The first kappa shape index (κ1) is 12.4. The third-order valence-electron chi connectivity index (χ3n) is 2.45. The summed E-state index contributed by atoms with van der Waals surface area (Å²) in [7, 11) is -3.56. The highest BCUT2D eigenvalue weighted by atomic mass is 28.3. The van der Waals surface area contributed by atoms with Crippen LogP contribution < -0.4 is 0 Å². The Labute approximate surface area is 93.4 Å². The number of urea groups is 1. The number of nitrogens with zero attached hydrogens (tertiary/aromatic N) is 2. The highest BCUT2D eigenvalue weighted by Gasteiger charge is 2.46. The largest absolute Gasteiger partial charge is 0.344 e. The van der Waals surface area contributed by atoms with Gasteiger partial charge in [0.2, 0.25) is 5.91 Å². The first-order chi connectivity index (χ1) is 6.55. The minimum absolute atomic E-state index is 0.0124. The Morgan fingerprint density at radius 3 is 1.60 bits per heavy atom. The fourth-order valence-electron chi connectivity index (χ4n) is 1.69. The van der Waals surface area contributed by atoms with E-state index >= 15 is 0 Å². The summed E-state index contributed by atoms with van der Waals surface area (Å²) in [5.41, 5.74) is 0. The van der Waals surface area contributed by atoms with Crippen molar-refractivity contribution in [2.75, 3.05) is 6.54 Å². The van der Waals surface area contributed by atoms with Crippen molar-refractivity contribution in [3.8, 4) is 0 Å². The summed E-state index contributed by atoms with van der Waals surface area (Å²) in [6.45, 7) is 12.6. The molecule has 4 nitrogen and oxygen atoms in total. The normalized spacial score (nSPS) is 19.1. The molecular weight excluding hydrogens is 224 g/mol. The van der Waals surface area contributed by atoms with Crippen LogP contribution in [0.25, 0.3) is 0 Å². The molecule has 0 aliphatic carbocycles. The van der Waals surface area contributed by atoms with Crippen molar-refractivity contribution in [3.63, 3.8) is 0 Å². The second-order valence-electron chi connectivity index (χ2n) is 5.94. The Kier molecular flexibility index (Phi) is 2.86. The fourth-order valence-corrected chi connectivity index (χ4v) is 4.58. The Balaban J connectivity index is 3.00. The van der Waals surface area contributed by atoms with Crippen LogP contribution in [0.4, 0.5) is 4.79 Å². The number of imide groups is 1. The van der Waals surface area contributed by atoms with Crippen molar-refractivity contribution in [2.45, 2.75) is 39.3 Å². The van der Waals surface area contributed by atoms with Crippen LogP contribution in [-0.4, -0.2) is 44.1 Å². The third-order valence-corrected chi connectivity index (χ3v) is 6.20. The second kappa shape index (κ2) is 3.45. The van der Waals surface area contributed by atoms with E-state index in [4.69, 9.17) is 0 Å². The van der Waals surface area contributed by atoms with Crippen LogP contribution in [0, 0.1) is 0 Å². The predicted octanol–water partition coefficient (Wildman–Crippen LogP) is 1.92. The van der Waals surface area contributed by atoms with Gasteiger partial charge in [-0.3, -0.25) is 9.36 Å². The van der Waals surface area contributed by atoms with E-state index in [2.05, 4.69) is 19.6 Å². The first-order valence-corrected chi connectivity index (χ1v) is 12.1. The number of hydrogen-bond donors (Lipinski definition) is 0. The van der Waals surface area contributed by atoms with E-state index in [9.17, 15) is 9.59 Å². The maximum Gasteiger partial charge on any atom is 0.310 e. The molecule has 1 fully saturated rings. The molecule has 0 aromatic rings. The SMILES string of the molecule is C[Si](C)(C)N1CC(=O)N([Si](C)(C)C)C1=O. The van der Waals surface area contributed by atoms with Crippen LogP contribution >= 0.6 is 0 Å². The standard InChI is InChI=1S/C9H20N2O2Si2/c1-14(2,3)10-7-8(12)11(9(10)13)15(4,5)6/h7H2,1-6H3. The summed E-state index contributed by atoms with van der Waals surface area (Å²) in [6, 6.07) is -0.0571. The average Bonchev–Trinajstić information content (AvgIpc) is 2.22.